The molecule has 0 bridgehead atoms. The number of aromatic nitrogens is 2. The molecule has 3 aromatic rings. The summed E-state index contributed by atoms with van der Waals surface area (Å²) in [5.74, 6) is -1.11. The molecule has 8 nitrogen and oxygen atoms in total. The molecule has 31 heavy (non-hydrogen) atoms. The first kappa shape index (κ1) is 22.1. The maximum absolute atomic E-state index is 13.4. The van der Waals surface area contributed by atoms with E-state index in [2.05, 4.69) is 17.6 Å². The molecule has 0 atom stereocenters. The van der Waals surface area contributed by atoms with Gasteiger partial charge in [0.15, 0.2) is 0 Å². The van der Waals surface area contributed by atoms with Crippen LogP contribution in [0.2, 0.25) is 0 Å². The van der Waals surface area contributed by atoms with Gasteiger partial charge in [-0.25, -0.2) is 0 Å². The zero-order chi connectivity index (χ0) is 22.0. The number of nitrogens with one attached hydrogen (secondary N) is 2. The Morgan fingerprint density at radius 1 is 1.06 bits per heavy atom. The fourth-order valence-corrected chi connectivity index (χ4v) is 7.14. The van der Waals surface area contributed by atoms with Gasteiger partial charge in [0.1, 0.15) is 0 Å². The van der Waals surface area contributed by atoms with Crippen LogP contribution in [0, 0.1) is 15.2 Å². The first-order chi connectivity index (χ1) is 14.8. The van der Waals surface area contributed by atoms with Gasteiger partial charge in [-0.15, -0.1) is 0 Å². The van der Waals surface area contributed by atoms with E-state index in [0.717, 1.165) is 30.6 Å². The van der Waals surface area contributed by atoms with Crippen molar-refractivity contribution >= 4 is 39.1 Å². The Hall–Kier alpha value is -2.10. The summed E-state index contributed by atoms with van der Waals surface area (Å²) < 4.78 is 65.6. The zero-order valence-corrected chi connectivity index (χ0v) is 19.6. The van der Waals surface area contributed by atoms with Crippen molar-refractivity contribution in [2.24, 2.45) is 0 Å². The van der Waals surface area contributed by atoms with E-state index in [1.165, 1.54) is 34.6 Å². The first-order valence-electron chi connectivity index (χ1n) is 9.12. The molecule has 4 rings (SSSR count). The van der Waals surface area contributed by atoms with E-state index < -0.39 is 48.9 Å². The van der Waals surface area contributed by atoms with Gasteiger partial charge in [0, 0.05) is 0 Å². The Bertz CT molecular complexity index is 1180. The van der Waals surface area contributed by atoms with Crippen molar-refractivity contribution in [1.29, 1.82) is 0 Å². The fraction of sp³-hybridized carbons (Fsp3) is 0.222. The van der Waals surface area contributed by atoms with Crippen LogP contribution in [0.5, 0.6) is 5.75 Å². The van der Waals surface area contributed by atoms with Crippen molar-refractivity contribution in [3.63, 3.8) is 0 Å². The Kier molecular flexibility index (Phi) is 6.55. The summed E-state index contributed by atoms with van der Waals surface area (Å²) in [5, 5.41) is 13.5. The number of anilines is 3. The molecule has 0 saturated carbocycles. The molecule has 1 fully saturated rings. The number of benzene rings is 2. The number of hydrogen-bond acceptors (Lipinski definition) is 8. The van der Waals surface area contributed by atoms with Crippen molar-refractivity contribution in [3.05, 3.63) is 51.6 Å². The SMILES string of the molecule is O=S(=O)(c1cccc(Nc2nsnc2N[I-]c2cc(F)cc(F)c2)c1O)N1CCCC1. The predicted molar refractivity (Wildman–Crippen MR) is 108 cm³/mol. The molecule has 0 spiro atoms. The number of phenolic OH excluding ortho intramolecular Hbond substituents is 1. The second-order valence-electron chi connectivity index (χ2n) is 6.63. The van der Waals surface area contributed by atoms with Crippen LogP contribution in [-0.2, 0) is 10.0 Å². The molecule has 1 aromatic heterocycles. The third kappa shape index (κ3) is 4.88. The van der Waals surface area contributed by atoms with E-state index in [4.69, 9.17) is 0 Å². The van der Waals surface area contributed by atoms with Crippen molar-refractivity contribution in [1.82, 2.24) is 13.1 Å². The van der Waals surface area contributed by atoms with Crippen LogP contribution in [0.4, 0.5) is 26.1 Å². The van der Waals surface area contributed by atoms with Gasteiger partial charge in [-0.3, -0.25) is 0 Å². The van der Waals surface area contributed by atoms with Crippen LogP contribution in [0.3, 0.4) is 0 Å². The zero-order valence-electron chi connectivity index (χ0n) is 15.8. The molecule has 1 saturated heterocycles. The molecular weight excluding hydrogens is 563 g/mol. The van der Waals surface area contributed by atoms with Crippen LogP contribution in [-0.4, -0.2) is 39.7 Å². The molecule has 0 radical (unpaired) electrons. The fourth-order valence-electron chi connectivity index (χ4n) is 3.03. The number of rotatable bonds is 7. The van der Waals surface area contributed by atoms with Gasteiger partial charge in [-0.05, 0) is 0 Å². The summed E-state index contributed by atoms with van der Waals surface area (Å²) in [7, 11) is -3.81. The van der Waals surface area contributed by atoms with Crippen molar-refractivity contribution in [2.45, 2.75) is 17.7 Å². The molecule has 13 heteroatoms. The Morgan fingerprint density at radius 3 is 2.45 bits per heavy atom. The van der Waals surface area contributed by atoms with Gasteiger partial charge in [0.25, 0.3) is 0 Å². The molecule has 0 aliphatic carbocycles. The Balaban J connectivity index is 1.54. The second kappa shape index (κ2) is 9.18. The number of phenols is 1. The Morgan fingerprint density at radius 2 is 1.74 bits per heavy atom. The minimum atomic E-state index is -3.81. The normalized spacial score (nSPS) is 14.8. The van der Waals surface area contributed by atoms with Crippen molar-refractivity contribution in [2.75, 3.05) is 21.9 Å². The van der Waals surface area contributed by atoms with Crippen LogP contribution in [0.1, 0.15) is 12.8 Å². The van der Waals surface area contributed by atoms with Crippen molar-refractivity contribution in [3.8, 4) is 5.75 Å². The maximum atomic E-state index is 13.4. The topological polar surface area (TPSA) is 107 Å². The monoisotopic (exact) mass is 580 g/mol. The number of nitrogens with zero attached hydrogens (tertiary/aromatic N) is 3. The van der Waals surface area contributed by atoms with E-state index in [1.807, 2.05) is 0 Å². The van der Waals surface area contributed by atoms with E-state index in [9.17, 15) is 22.3 Å². The number of halogens is 3. The van der Waals surface area contributed by atoms with Crippen LogP contribution in [0.25, 0.3) is 0 Å². The number of aromatic hydroxyl groups is 1. The molecule has 1 aliphatic heterocycles. The van der Waals surface area contributed by atoms with Gasteiger partial charge in [0.2, 0.25) is 0 Å². The number of sulfonamides is 1. The van der Waals surface area contributed by atoms with E-state index >= 15 is 0 Å². The quantitative estimate of drug-likeness (QED) is 0.210. The van der Waals surface area contributed by atoms with Crippen molar-refractivity contribution < 1.29 is 43.8 Å². The summed E-state index contributed by atoms with van der Waals surface area (Å²) in [5.41, 5.74) is 0.158. The summed E-state index contributed by atoms with van der Waals surface area (Å²) in [4.78, 5) is -0.181. The summed E-state index contributed by atoms with van der Waals surface area (Å²) in [6, 6.07) is 7.70. The van der Waals surface area contributed by atoms with E-state index in [1.54, 1.807) is 0 Å². The van der Waals surface area contributed by atoms with Crippen LogP contribution in [0.15, 0.2) is 41.3 Å². The predicted octanol–water partition coefficient (Wildman–Crippen LogP) is 0.336. The standard InChI is InChI=1S/C18H17F2IN5O3S2/c19-11-8-12(20)10-13(9-11)21-23-18-17(24-30-25-18)22-14-4-3-5-15(16(14)27)31(28,29)26-6-1-2-7-26/h3-5,8-10,27H,1-2,6-7H2,(H,22,24)(H,23,25)/q-1. The molecule has 0 unspecified atom stereocenters. The third-order valence-corrected chi connectivity index (χ3v) is 8.98. The van der Waals surface area contributed by atoms with E-state index in [-0.39, 0.29) is 16.4 Å². The summed E-state index contributed by atoms with van der Waals surface area (Å²) in [6.07, 6.45) is 1.57. The van der Waals surface area contributed by atoms with Gasteiger partial charge < -0.3 is 0 Å². The van der Waals surface area contributed by atoms with E-state index in [0.29, 0.717) is 22.5 Å². The molecular formula is C18H17F2IN5O3S2-. The molecule has 2 aromatic carbocycles. The van der Waals surface area contributed by atoms with Gasteiger partial charge in [0.05, 0.1) is 0 Å². The number of hydrogen-bond donors (Lipinski definition) is 3. The molecule has 1 aliphatic rings. The molecule has 2 heterocycles. The van der Waals surface area contributed by atoms with Gasteiger partial charge in [-0.1, -0.05) is 0 Å². The summed E-state index contributed by atoms with van der Waals surface area (Å²) >= 11 is -0.124. The second-order valence-corrected chi connectivity index (χ2v) is 11.4. The average Bonchev–Trinajstić information content (AvgIpc) is 3.39. The third-order valence-electron chi connectivity index (χ3n) is 4.50. The summed E-state index contributed by atoms with van der Waals surface area (Å²) in [6.45, 7) is 0.849. The minimum absolute atomic E-state index is 0.158. The first-order valence-corrected chi connectivity index (χ1v) is 13.4. The average molecular weight is 580 g/mol. The molecule has 3 N–H and O–H groups in total. The van der Waals surface area contributed by atoms with Gasteiger partial charge in [-0.2, -0.15) is 0 Å². The van der Waals surface area contributed by atoms with Crippen LogP contribution >= 0.6 is 11.7 Å². The molecule has 166 valence electrons. The van der Waals surface area contributed by atoms with Crippen LogP contribution < -0.4 is 30.3 Å². The molecule has 0 amide bonds. The van der Waals surface area contributed by atoms with Gasteiger partial charge >= 0.3 is 193 Å². The number of para-hydroxylation sites is 1. The Labute approximate surface area is 192 Å².